The average molecular weight is 471 g/mol. The fourth-order valence-corrected chi connectivity index (χ4v) is 7.84. The van der Waals surface area contributed by atoms with Crippen molar-refractivity contribution in [3.8, 4) is 5.75 Å². The van der Waals surface area contributed by atoms with Crippen molar-refractivity contribution in [2.24, 2.45) is 4.99 Å². The molecule has 0 unspecified atom stereocenters. The van der Waals surface area contributed by atoms with Crippen LogP contribution in [-0.2, 0) is 14.6 Å². The SMILES string of the molecule is O=C(COc1ccccc1)N=C1S[C@@H]2CS(=O)(=O)C[C@@H]2N1c1c(Cl)cccc1Cl. The largest absolute Gasteiger partial charge is 0.484 e. The summed E-state index contributed by atoms with van der Waals surface area (Å²) in [4.78, 5) is 18.3. The van der Waals surface area contributed by atoms with E-state index in [1.165, 1.54) is 11.8 Å². The Hall–Kier alpha value is -1.74. The molecule has 6 nitrogen and oxygen atoms in total. The number of carbonyl (C=O) groups excluding carboxylic acids is 1. The number of amidine groups is 1. The third kappa shape index (κ3) is 4.40. The van der Waals surface area contributed by atoms with Gasteiger partial charge in [0.1, 0.15) is 5.75 Å². The molecule has 2 heterocycles. The summed E-state index contributed by atoms with van der Waals surface area (Å²) >= 11 is 14.0. The van der Waals surface area contributed by atoms with E-state index in [0.29, 0.717) is 26.6 Å². The number of fused-ring (bicyclic) bond motifs is 1. The number of thioether (sulfide) groups is 1. The van der Waals surface area contributed by atoms with Gasteiger partial charge in [0.2, 0.25) is 0 Å². The molecule has 0 spiro atoms. The number of aliphatic imine (C=N–C) groups is 1. The lowest BCUT2D eigenvalue weighted by molar-refractivity contribution is -0.119. The fourth-order valence-electron chi connectivity index (χ4n) is 3.35. The number of hydrogen-bond acceptors (Lipinski definition) is 5. The van der Waals surface area contributed by atoms with E-state index >= 15 is 0 Å². The molecule has 0 bridgehead atoms. The maximum absolute atomic E-state index is 12.4. The molecule has 2 atom stereocenters. The van der Waals surface area contributed by atoms with Gasteiger partial charge in [0, 0.05) is 5.25 Å². The summed E-state index contributed by atoms with van der Waals surface area (Å²) in [6, 6.07) is 13.6. The lowest BCUT2D eigenvalue weighted by atomic mass is 10.2. The Labute approximate surface area is 182 Å². The zero-order chi connectivity index (χ0) is 20.6. The number of benzene rings is 2. The van der Waals surface area contributed by atoms with Crippen LogP contribution in [0.15, 0.2) is 53.5 Å². The lowest BCUT2D eigenvalue weighted by Crippen LogP contribution is -2.38. The van der Waals surface area contributed by atoms with Crippen LogP contribution in [0.5, 0.6) is 5.75 Å². The van der Waals surface area contributed by atoms with Gasteiger partial charge in [-0.15, -0.1) is 0 Å². The van der Waals surface area contributed by atoms with Crippen LogP contribution < -0.4 is 9.64 Å². The first kappa shape index (κ1) is 20.5. The number of rotatable bonds is 4. The molecule has 10 heteroatoms. The second kappa shape index (κ2) is 8.18. The van der Waals surface area contributed by atoms with Crippen molar-refractivity contribution in [3.05, 3.63) is 58.6 Å². The molecule has 4 rings (SSSR count). The van der Waals surface area contributed by atoms with Gasteiger partial charge in [-0.3, -0.25) is 4.79 Å². The summed E-state index contributed by atoms with van der Waals surface area (Å²) in [7, 11) is -3.18. The van der Waals surface area contributed by atoms with E-state index in [1.807, 2.05) is 6.07 Å². The number of hydrogen-bond donors (Lipinski definition) is 0. The van der Waals surface area contributed by atoms with Gasteiger partial charge in [-0.25, -0.2) is 8.42 Å². The van der Waals surface area contributed by atoms with E-state index < -0.39 is 15.7 Å². The molecule has 2 aromatic rings. The molecule has 2 fully saturated rings. The number of nitrogens with zero attached hydrogens (tertiary/aromatic N) is 2. The topological polar surface area (TPSA) is 76.0 Å². The Morgan fingerprint density at radius 2 is 1.79 bits per heavy atom. The molecule has 0 N–H and O–H groups in total. The van der Waals surface area contributed by atoms with Crippen LogP contribution in [0.2, 0.25) is 10.0 Å². The molecule has 152 valence electrons. The number of para-hydroxylation sites is 2. The normalized spacial score (nSPS) is 23.9. The Kier molecular flexibility index (Phi) is 5.79. The van der Waals surface area contributed by atoms with Crippen molar-refractivity contribution in [2.75, 3.05) is 23.0 Å². The van der Waals surface area contributed by atoms with Crippen molar-refractivity contribution >= 4 is 61.6 Å². The highest BCUT2D eigenvalue weighted by Crippen LogP contribution is 2.45. The van der Waals surface area contributed by atoms with Gasteiger partial charge in [-0.1, -0.05) is 59.2 Å². The Morgan fingerprint density at radius 3 is 2.48 bits per heavy atom. The number of halogens is 2. The quantitative estimate of drug-likeness (QED) is 0.678. The zero-order valence-electron chi connectivity index (χ0n) is 15.0. The second-order valence-electron chi connectivity index (χ2n) is 6.63. The number of sulfone groups is 1. The third-order valence-corrected chi connectivity index (χ3v) is 8.39. The minimum atomic E-state index is -3.18. The first-order valence-corrected chi connectivity index (χ1v) is 12.2. The Balaban J connectivity index is 1.63. The van der Waals surface area contributed by atoms with E-state index in [0.717, 1.165) is 0 Å². The van der Waals surface area contributed by atoms with Crippen LogP contribution in [0.25, 0.3) is 0 Å². The van der Waals surface area contributed by atoms with E-state index in [2.05, 4.69) is 4.99 Å². The predicted octanol–water partition coefficient (Wildman–Crippen LogP) is 3.67. The first-order valence-electron chi connectivity index (χ1n) is 8.74. The van der Waals surface area contributed by atoms with Gasteiger partial charge in [-0.05, 0) is 24.3 Å². The molecule has 2 aromatic carbocycles. The highest BCUT2D eigenvalue weighted by atomic mass is 35.5. The van der Waals surface area contributed by atoms with Gasteiger partial charge >= 0.3 is 0 Å². The molecule has 2 aliphatic heterocycles. The summed E-state index contributed by atoms with van der Waals surface area (Å²) in [5.41, 5.74) is 0.462. The van der Waals surface area contributed by atoms with Crippen LogP contribution in [0.3, 0.4) is 0 Å². The summed E-state index contributed by atoms with van der Waals surface area (Å²) in [6.45, 7) is -0.230. The molecular formula is C19H16Cl2N2O4S2. The molecule has 0 aromatic heterocycles. The van der Waals surface area contributed by atoms with Gasteiger partial charge in [-0.2, -0.15) is 4.99 Å². The molecular weight excluding hydrogens is 455 g/mol. The summed E-state index contributed by atoms with van der Waals surface area (Å²) in [5.74, 6) is 0.0654. The zero-order valence-corrected chi connectivity index (χ0v) is 18.1. The predicted molar refractivity (Wildman–Crippen MR) is 117 cm³/mol. The molecule has 0 radical (unpaired) electrons. The molecule has 0 saturated carbocycles. The number of amides is 1. The summed E-state index contributed by atoms with van der Waals surface area (Å²) in [5, 5.41) is 0.868. The van der Waals surface area contributed by atoms with E-state index in [9.17, 15) is 13.2 Å². The maximum atomic E-state index is 12.4. The van der Waals surface area contributed by atoms with Gasteiger partial charge < -0.3 is 9.64 Å². The number of ether oxygens (including phenoxy) is 1. The Bertz CT molecular complexity index is 1060. The van der Waals surface area contributed by atoms with Crippen molar-refractivity contribution in [3.63, 3.8) is 0 Å². The van der Waals surface area contributed by atoms with Crippen LogP contribution in [-0.4, -0.2) is 48.9 Å². The lowest BCUT2D eigenvalue weighted by Gasteiger charge is -2.26. The number of anilines is 1. The fraction of sp³-hybridized carbons (Fsp3) is 0.263. The minimum absolute atomic E-state index is 0.0225. The van der Waals surface area contributed by atoms with Crippen molar-refractivity contribution in [2.45, 2.75) is 11.3 Å². The smallest absolute Gasteiger partial charge is 0.285 e. The van der Waals surface area contributed by atoms with Gasteiger partial charge in [0.15, 0.2) is 21.6 Å². The molecule has 2 aliphatic rings. The van der Waals surface area contributed by atoms with Crippen LogP contribution >= 0.6 is 35.0 Å². The van der Waals surface area contributed by atoms with Crippen molar-refractivity contribution in [1.29, 1.82) is 0 Å². The summed E-state index contributed by atoms with van der Waals surface area (Å²) < 4.78 is 29.8. The highest BCUT2D eigenvalue weighted by molar-refractivity contribution is 8.16. The first-order chi connectivity index (χ1) is 13.8. The number of carbonyl (C=O) groups is 1. The molecule has 1 amide bonds. The average Bonchev–Trinajstić information content (AvgIpc) is 3.13. The van der Waals surface area contributed by atoms with E-state index in [-0.39, 0.29) is 29.4 Å². The molecule has 29 heavy (non-hydrogen) atoms. The maximum Gasteiger partial charge on any atom is 0.285 e. The standard InChI is InChI=1S/C19H16Cl2N2O4S2/c20-13-7-4-8-14(21)18(13)23-15-10-29(25,26)11-16(15)28-19(23)22-17(24)9-27-12-5-2-1-3-6-12/h1-8,15-16H,9-11H2/t15-,16+/m0/s1. The van der Waals surface area contributed by atoms with Crippen molar-refractivity contribution in [1.82, 2.24) is 0 Å². The monoisotopic (exact) mass is 470 g/mol. The second-order valence-corrected chi connectivity index (χ2v) is 10.8. The Morgan fingerprint density at radius 1 is 1.10 bits per heavy atom. The van der Waals surface area contributed by atoms with Crippen molar-refractivity contribution < 1.29 is 17.9 Å². The summed E-state index contributed by atoms with van der Waals surface area (Å²) in [6.07, 6.45) is 0. The van der Waals surface area contributed by atoms with Crippen LogP contribution in [0.1, 0.15) is 0 Å². The molecule has 0 aliphatic carbocycles. The molecule has 2 saturated heterocycles. The van der Waals surface area contributed by atoms with E-state index in [1.54, 1.807) is 47.4 Å². The third-order valence-electron chi connectivity index (χ3n) is 4.57. The minimum Gasteiger partial charge on any atom is -0.484 e. The van der Waals surface area contributed by atoms with Gasteiger partial charge in [0.05, 0.1) is 33.3 Å². The van der Waals surface area contributed by atoms with E-state index in [4.69, 9.17) is 27.9 Å². The van der Waals surface area contributed by atoms with Crippen LogP contribution in [0.4, 0.5) is 5.69 Å². The highest BCUT2D eigenvalue weighted by Gasteiger charge is 2.50. The van der Waals surface area contributed by atoms with Crippen LogP contribution in [0, 0.1) is 0 Å². The van der Waals surface area contributed by atoms with Gasteiger partial charge in [0.25, 0.3) is 5.91 Å².